The maximum absolute atomic E-state index is 5.91. The lowest BCUT2D eigenvalue weighted by Gasteiger charge is -2.39. The number of nitrogens with one attached hydrogen (secondary N) is 1. The van der Waals surface area contributed by atoms with Crippen LogP contribution in [0.15, 0.2) is 0 Å². The van der Waals surface area contributed by atoms with Crippen molar-refractivity contribution in [2.45, 2.75) is 63.6 Å². The minimum absolute atomic E-state index is 0.546. The van der Waals surface area contributed by atoms with Gasteiger partial charge in [-0.05, 0) is 51.0 Å². The van der Waals surface area contributed by atoms with E-state index >= 15 is 0 Å². The first-order valence-corrected chi connectivity index (χ1v) is 7.97. The number of fused-ring (bicyclic) bond motifs is 1. The highest BCUT2D eigenvalue weighted by atomic mass is 16.5. The summed E-state index contributed by atoms with van der Waals surface area (Å²) in [6, 6.07) is 1.47. The van der Waals surface area contributed by atoms with E-state index in [9.17, 15) is 0 Å². The summed E-state index contributed by atoms with van der Waals surface area (Å²) in [6.45, 7) is 6.80. The summed E-state index contributed by atoms with van der Waals surface area (Å²) in [5.74, 6) is 0.958. The predicted molar refractivity (Wildman–Crippen MR) is 73.8 cm³/mol. The first-order chi connectivity index (χ1) is 8.88. The molecule has 18 heavy (non-hydrogen) atoms. The monoisotopic (exact) mass is 252 g/mol. The fraction of sp³-hybridized carbons (Fsp3) is 1.00. The van der Waals surface area contributed by atoms with Crippen LogP contribution in [-0.2, 0) is 4.74 Å². The zero-order valence-electron chi connectivity index (χ0n) is 11.7. The van der Waals surface area contributed by atoms with Crippen molar-refractivity contribution in [2.75, 3.05) is 26.2 Å². The largest absolute Gasteiger partial charge is 0.375 e. The second kappa shape index (κ2) is 5.89. The Morgan fingerprint density at radius 2 is 2.17 bits per heavy atom. The fourth-order valence-electron chi connectivity index (χ4n) is 3.69. The summed E-state index contributed by atoms with van der Waals surface area (Å²) >= 11 is 0. The summed E-state index contributed by atoms with van der Waals surface area (Å²) in [5, 5.41) is 3.78. The Labute approximate surface area is 111 Å². The van der Waals surface area contributed by atoms with E-state index in [-0.39, 0.29) is 0 Å². The molecule has 0 amide bonds. The second-order valence-corrected chi connectivity index (χ2v) is 6.30. The van der Waals surface area contributed by atoms with Gasteiger partial charge in [0.25, 0.3) is 0 Å². The summed E-state index contributed by atoms with van der Waals surface area (Å²) in [7, 11) is 0. The van der Waals surface area contributed by atoms with Gasteiger partial charge in [0.15, 0.2) is 0 Å². The van der Waals surface area contributed by atoms with E-state index in [0.717, 1.165) is 31.2 Å². The second-order valence-electron chi connectivity index (χ2n) is 6.30. The lowest BCUT2D eigenvalue weighted by atomic mass is 10.1. The van der Waals surface area contributed by atoms with Crippen LogP contribution in [0, 0.1) is 5.92 Å². The summed E-state index contributed by atoms with van der Waals surface area (Å²) in [5.41, 5.74) is 0. The molecular weight excluding hydrogens is 224 g/mol. The molecule has 2 aliphatic carbocycles. The van der Waals surface area contributed by atoms with Crippen LogP contribution in [-0.4, -0.2) is 49.3 Å². The third-order valence-corrected chi connectivity index (χ3v) is 4.88. The molecule has 2 saturated carbocycles. The van der Waals surface area contributed by atoms with Gasteiger partial charge in [-0.3, -0.25) is 4.90 Å². The van der Waals surface area contributed by atoms with E-state index < -0.39 is 0 Å². The molecule has 1 aliphatic heterocycles. The lowest BCUT2D eigenvalue weighted by molar-refractivity contribution is -0.0587. The van der Waals surface area contributed by atoms with E-state index in [1.54, 1.807) is 0 Å². The number of ether oxygens (including phenoxy) is 1. The minimum atomic E-state index is 0.546. The average molecular weight is 252 g/mol. The van der Waals surface area contributed by atoms with E-state index in [0.29, 0.717) is 6.10 Å². The number of nitrogens with zero attached hydrogens (tertiary/aromatic N) is 1. The number of hydrogen-bond donors (Lipinski definition) is 1. The van der Waals surface area contributed by atoms with Crippen LogP contribution in [0.2, 0.25) is 0 Å². The Bertz CT molecular complexity index is 267. The smallest absolute Gasteiger partial charge is 0.0730 e. The van der Waals surface area contributed by atoms with E-state index in [2.05, 4.69) is 17.1 Å². The zero-order chi connectivity index (χ0) is 12.4. The van der Waals surface area contributed by atoms with Crippen molar-refractivity contribution < 1.29 is 4.74 Å². The Morgan fingerprint density at radius 1 is 1.28 bits per heavy atom. The molecule has 0 radical (unpaired) electrons. The van der Waals surface area contributed by atoms with Gasteiger partial charge in [0.1, 0.15) is 0 Å². The van der Waals surface area contributed by atoms with Gasteiger partial charge in [0, 0.05) is 25.2 Å². The molecule has 3 fully saturated rings. The quantitative estimate of drug-likeness (QED) is 0.783. The van der Waals surface area contributed by atoms with Crippen LogP contribution < -0.4 is 5.32 Å². The zero-order valence-corrected chi connectivity index (χ0v) is 11.7. The molecule has 3 heteroatoms. The average Bonchev–Trinajstić information content (AvgIpc) is 3.12. The van der Waals surface area contributed by atoms with Crippen LogP contribution in [0.1, 0.15) is 45.4 Å². The third kappa shape index (κ3) is 2.89. The van der Waals surface area contributed by atoms with Crippen LogP contribution in [0.3, 0.4) is 0 Å². The lowest BCUT2D eigenvalue weighted by Crippen LogP contribution is -2.53. The molecule has 0 bridgehead atoms. The van der Waals surface area contributed by atoms with Crippen molar-refractivity contribution in [3.63, 3.8) is 0 Å². The van der Waals surface area contributed by atoms with Gasteiger partial charge in [0.2, 0.25) is 0 Å². The van der Waals surface area contributed by atoms with Crippen LogP contribution in [0.25, 0.3) is 0 Å². The Hall–Kier alpha value is -0.120. The topological polar surface area (TPSA) is 24.5 Å². The van der Waals surface area contributed by atoms with Crippen molar-refractivity contribution >= 4 is 0 Å². The standard InChI is InChI=1S/C15H28N2O/c1-2-8-16-13(12-6-7-12)11-17-9-10-18-15-5-3-4-14(15)17/h12-16H,2-11H2,1H3. The highest BCUT2D eigenvalue weighted by Gasteiger charge is 2.39. The molecule has 0 aromatic heterocycles. The molecule has 3 nitrogen and oxygen atoms in total. The fourth-order valence-corrected chi connectivity index (χ4v) is 3.69. The number of rotatable bonds is 6. The number of morpholine rings is 1. The first kappa shape index (κ1) is 12.9. The molecule has 0 aromatic carbocycles. The van der Waals surface area contributed by atoms with Gasteiger partial charge in [-0.2, -0.15) is 0 Å². The molecule has 3 atom stereocenters. The van der Waals surface area contributed by atoms with Crippen molar-refractivity contribution in [2.24, 2.45) is 5.92 Å². The minimum Gasteiger partial charge on any atom is -0.375 e. The Morgan fingerprint density at radius 3 is 2.94 bits per heavy atom. The summed E-state index contributed by atoms with van der Waals surface area (Å²) in [4.78, 5) is 2.73. The SMILES string of the molecule is CCCNC(CN1CCOC2CCCC21)C1CC1. The van der Waals surface area contributed by atoms with E-state index in [1.165, 1.54) is 51.6 Å². The molecular formula is C15H28N2O. The maximum atomic E-state index is 5.91. The highest BCUT2D eigenvalue weighted by Crippen LogP contribution is 2.35. The van der Waals surface area contributed by atoms with Crippen LogP contribution in [0.5, 0.6) is 0 Å². The molecule has 0 aromatic rings. The van der Waals surface area contributed by atoms with Crippen LogP contribution in [0.4, 0.5) is 0 Å². The van der Waals surface area contributed by atoms with Crippen LogP contribution >= 0.6 is 0 Å². The molecule has 1 saturated heterocycles. The Kier molecular flexibility index (Phi) is 4.22. The molecule has 3 aliphatic rings. The van der Waals surface area contributed by atoms with Gasteiger partial charge < -0.3 is 10.1 Å². The Balaban J connectivity index is 1.55. The molecule has 3 rings (SSSR count). The van der Waals surface area contributed by atoms with Crippen molar-refractivity contribution in [3.8, 4) is 0 Å². The molecule has 3 unspecified atom stereocenters. The first-order valence-electron chi connectivity index (χ1n) is 7.97. The molecule has 1 heterocycles. The van der Waals surface area contributed by atoms with Gasteiger partial charge in [-0.15, -0.1) is 0 Å². The van der Waals surface area contributed by atoms with Crippen molar-refractivity contribution in [1.29, 1.82) is 0 Å². The summed E-state index contributed by atoms with van der Waals surface area (Å²) in [6.07, 6.45) is 8.69. The van der Waals surface area contributed by atoms with Crippen molar-refractivity contribution in [1.82, 2.24) is 10.2 Å². The molecule has 0 spiro atoms. The van der Waals surface area contributed by atoms with Crippen molar-refractivity contribution in [3.05, 3.63) is 0 Å². The summed E-state index contributed by atoms with van der Waals surface area (Å²) < 4.78 is 5.91. The third-order valence-electron chi connectivity index (χ3n) is 4.88. The van der Waals surface area contributed by atoms with E-state index in [4.69, 9.17) is 4.74 Å². The number of hydrogen-bond acceptors (Lipinski definition) is 3. The predicted octanol–water partition coefficient (Wildman–Crippen LogP) is 2.02. The van der Waals surface area contributed by atoms with Gasteiger partial charge in [-0.25, -0.2) is 0 Å². The van der Waals surface area contributed by atoms with Gasteiger partial charge >= 0.3 is 0 Å². The van der Waals surface area contributed by atoms with E-state index in [1.807, 2.05) is 0 Å². The highest BCUT2D eigenvalue weighted by molar-refractivity contribution is 4.94. The molecule has 1 N–H and O–H groups in total. The molecule has 104 valence electrons. The normalized spacial score (nSPS) is 34.5. The van der Waals surface area contributed by atoms with Gasteiger partial charge in [0.05, 0.1) is 12.7 Å². The van der Waals surface area contributed by atoms with Gasteiger partial charge in [-0.1, -0.05) is 6.92 Å². The maximum Gasteiger partial charge on any atom is 0.0730 e.